The largest absolute Gasteiger partial charge is 0.493 e. The van der Waals surface area contributed by atoms with Crippen molar-refractivity contribution in [1.29, 1.82) is 5.26 Å². The molecule has 2 heterocycles. The third kappa shape index (κ3) is 2.63. The summed E-state index contributed by atoms with van der Waals surface area (Å²) >= 11 is 0. The number of aromatic amines is 1. The quantitative estimate of drug-likeness (QED) is 0.726. The van der Waals surface area contributed by atoms with E-state index in [0.717, 1.165) is 22.4 Å². The van der Waals surface area contributed by atoms with Gasteiger partial charge in [-0.1, -0.05) is 42.5 Å². The van der Waals surface area contributed by atoms with Crippen molar-refractivity contribution >= 4 is 0 Å². The first kappa shape index (κ1) is 17.5. The minimum atomic E-state index is -0.521. The Hall–Kier alpha value is -3.92. The van der Waals surface area contributed by atoms with Crippen LogP contribution in [0.3, 0.4) is 0 Å². The molecule has 4 rings (SSSR count). The van der Waals surface area contributed by atoms with E-state index >= 15 is 0 Å². The maximum atomic E-state index is 9.84. The molecule has 0 aliphatic carbocycles. The lowest BCUT2D eigenvalue weighted by Crippen LogP contribution is -2.21. The number of hydrogen-bond donors (Lipinski definition) is 2. The Morgan fingerprint density at radius 1 is 1.11 bits per heavy atom. The van der Waals surface area contributed by atoms with E-state index in [-0.39, 0.29) is 11.5 Å². The molecule has 1 aliphatic heterocycles. The van der Waals surface area contributed by atoms with E-state index < -0.39 is 5.92 Å². The summed E-state index contributed by atoms with van der Waals surface area (Å²) in [4.78, 5) is 0. The van der Waals surface area contributed by atoms with Crippen LogP contribution in [0.1, 0.15) is 17.0 Å². The van der Waals surface area contributed by atoms with Crippen molar-refractivity contribution < 1.29 is 14.2 Å². The number of benzene rings is 2. The van der Waals surface area contributed by atoms with Crippen LogP contribution in [0.4, 0.5) is 0 Å². The van der Waals surface area contributed by atoms with Gasteiger partial charge in [-0.3, -0.25) is 5.10 Å². The van der Waals surface area contributed by atoms with E-state index in [1.807, 2.05) is 42.5 Å². The van der Waals surface area contributed by atoms with Crippen molar-refractivity contribution in [3.05, 3.63) is 71.1 Å². The smallest absolute Gasteiger partial charge is 0.244 e. The van der Waals surface area contributed by atoms with E-state index in [1.165, 1.54) is 0 Å². The standard InChI is InChI=1S/C21H18N4O3/c1-26-15-10-6-9-13(19(15)27-2)16-14(11-22)20(23)28-21-17(16)18(24-25-21)12-7-4-3-5-8-12/h3-10,16H,23H2,1-2H3,(H,24,25). The van der Waals surface area contributed by atoms with Crippen molar-refractivity contribution in [3.63, 3.8) is 0 Å². The Morgan fingerprint density at radius 2 is 1.89 bits per heavy atom. The second-order valence-corrected chi connectivity index (χ2v) is 6.19. The third-order valence-corrected chi connectivity index (χ3v) is 4.75. The molecule has 1 aliphatic rings. The van der Waals surface area contributed by atoms with Gasteiger partial charge in [-0.15, -0.1) is 5.10 Å². The van der Waals surface area contributed by atoms with E-state index in [1.54, 1.807) is 20.3 Å². The summed E-state index contributed by atoms with van der Waals surface area (Å²) in [5.74, 6) is 0.936. The Kier molecular flexibility index (Phi) is 4.38. The Morgan fingerprint density at radius 3 is 2.57 bits per heavy atom. The van der Waals surface area contributed by atoms with Gasteiger partial charge >= 0.3 is 0 Å². The van der Waals surface area contributed by atoms with Gasteiger partial charge < -0.3 is 19.9 Å². The number of nitrogens with zero attached hydrogens (tertiary/aromatic N) is 2. The Labute approximate surface area is 162 Å². The molecule has 28 heavy (non-hydrogen) atoms. The van der Waals surface area contributed by atoms with Crippen LogP contribution < -0.4 is 19.9 Å². The molecule has 1 unspecified atom stereocenters. The second-order valence-electron chi connectivity index (χ2n) is 6.19. The summed E-state index contributed by atoms with van der Waals surface area (Å²) in [6, 6.07) is 17.4. The molecule has 0 radical (unpaired) electrons. The fraction of sp³-hybridized carbons (Fsp3) is 0.143. The zero-order valence-corrected chi connectivity index (χ0v) is 15.4. The van der Waals surface area contributed by atoms with Gasteiger partial charge in [0.15, 0.2) is 11.5 Å². The highest BCUT2D eigenvalue weighted by atomic mass is 16.5. The minimum absolute atomic E-state index is 0.0241. The van der Waals surface area contributed by atoms with Crippen LogP contribution in [0, 0.1) is 11.3 Å². The lowest BCUT2D eigenvalue weighted by Gasteiger charge is -2.26. The number of fused-ring (bicyclic) bond motifs is 1. The third-order valence-electron chi connectivity index (χ3n) is 4.75. The summed E-state index contributed by atoms with van der Waals surface area (Å²) in [7, 11) is 3.13. The molecule has 0 spiro atoms. The average molecular weight is 374 g/mol. The van der Waals surface area contributed by atoms with Crippen LogP contribution in [-0.2, 0) is 0 Å². The predicted molar refractivity (Wildman–Crippen MR) is 103 cm³/mol. The zero-order valence-electron chi connectivity index (χ0n) is 15.4. The lowest BCUT2D eigenvalue weighted by atomic mass is 9.82. The molecule has 1 atom stereocenters. The number of aromatic nitrogens is 2. The van der Waals surface area contributed by atoms with Crippen molar-refractivity contribution in [2.45, 2.75) is 5.92 Å². The highest BCUT2D eigenvalue weighted by Crippen LogP contribution is 2.49. The number of hydrogen-bond acceptors (Lipinski definition) is 6. The number of allylic oxidation sites excluding steroid dienone is 1. The van der Waals surface area contributed by atoms with Gasteiger partial charge in [0.05, 0.1) is 31.4 Å². The second kappa shape index (κ2) is 7.00. The van der Waals surface area contributed by atoms with Gasteiger partial charge in [0.2, 0.25) is 11.8 Å². The van der Waals surface area contributed by atoms with Gasteiger partial charge in [-0.25, -0.2) is 0 Å². The predicted octanol–water partition coefficient (Wildman–Crippen LogP) is 3.31. The molecule has 3 N–H and O–H groups in total. The fourth-order valence-electron chi connectivity index (χ4n) is 3.52. The van der Waals surface area contributed by atoms with Gasteiger partial charge in [-0.05, 0) is 11.6 Å². The molecule has 1 aromatic heterocycles. The van der Waals surface area contributed by atoms with Crippen LogP contribution in [0.25, 0.3) is 11.3 Å². The van der Waals surface area contributed by atoms with Crippen molar-refractivity contribution in [2.75, 3.05) is 14.2 Å². The number of ether oxygens (including phenoxy) is 3. The number of nitrogens with two attached hydrogens (primary N) is 1. The van der Waals surface area contributed by atoms with Crippen molar-refractivity contribution in [1.82, 2.24) is 10.2 Å². The van der Waals surface area contributed by atoms with Crippen LogP contribution in [0.2, 0.25) is 0 Å². The van der Waals surface area contributed by atoms with Gasteiger partial charge in [0.25, 0.3) is 0 Å². The maximum Gasteiger partial charge on any atom is 0.244 e. The summed E-state index contributed by atoms with van der Waals surface area (Å²) in [5, 5.41) is 17.1. The Bertz CT molecular complexity index is 1100. The Balaban J connectivity index is 2.00. The monoisotopic (exact) mass is 374 g/mol. The number of para-hydroxylation sites is 1. The summed E-state index contributed by atoms with van der Waals surface area (Å²) in [6.45, 7) is 0. The zero-order chi connectivity index (χ0) is 19.7. The van der Waals surface area contributed by atoms with Gasteiger partial charge in [0, 0.05) is 5.56 Å². The maximum absolute atomic E-state index is 9.84. The molecule has 140 valence electrons. The SMILES string of the molecule is COc1cccc(C2C(C#N)=C(N)Oc3n[nH]c(-c4ccccc4)c32)c1OC. The van der Waals surface area contributed by atoms with Crippen molar-refractivity contribution in [2.24, 2.45) is 5.73 Å². The van der Waals surface area contributed by atoms with Crippen molar-refractivity contribution in [3.8, 4) is 34.7 Å². The van der Waals surface area contributed by atoms with Crippen LogP contribution in [0.15, 0.2) is 60.0 Å². The number of nitrogens with one attached hydrogen (secondary N) is 1. The molecule has 0 saturated carbocycles. The van der Waals surface area contributed by atoms with Gasteiger partial charge in [0.1, 0.15) is 11.6 Å². The highest BCUT2D eigenvalue weighted by Gasteiger charge is 2.37. The topological polar surface area (TPSA) is 106 Å². The first-order valence-electron chi connectivity index (χ1n) is 8.61. The van der Waals surface area contributed by atoms with Crippen LogP contribution >= 0.6 is 0 Å². The first-order chi connectivity index (χ1) is 13.7. The first-order valence-corrected chi connectivity index (χ1v) is 8.61. The molecule has 3 aromatic rings. The number of methoxy groups -OCH3 is 2. The molecule has 7 nitrogen and oxygen atoms in total. The summed E-state index contributed by atoms with van der Waals surface area (Å²) < 4.78 is 16.7. The molecule has 2 aromatic carbocycles. The number of rotatable bonds is 4. The normalized spacial score (nSPS) is 15.4. The number of H-pyrrole nitrogens is 1. The molecule has 0 amide bonds. The summed E-state index contributed by atoms with van der Waals surface area (Å²) in [6.07, 6.45) is 0. The van der Waals surface area contributed by atoms with E-state index in [9.17, 15) is 5.26 Å². The van der Waals surface area contributed by atoms with E-state index in [4.69, 9.17) is 19.9 Å². The average Bonchev–Trinajstić information content (AvgIpc) is 3.16. The summed E-state index contributed by atoms with van der Waals surface area (Å²) in [5.41, 5.74) is 9.48. The van der Waals surface area contributed by atoms with E-state index in [0.29, 0.717) is 17.4 Å². The highest BCUT2D eigenvalue weighted by molar-refractivity contribution is 5.72. The molecule has 0 bridgehead atoms. The van der Waals surface area contributed by atoms with E-state index in [2.05, 4.69) is 16.3 Å². The molecular formula is C21H18N4O3. The van der Waals surface area contributed by atoms with Crippen LogP contribution in [-0.4, -0.2) is 24.4 Å². The molecule has 0 saturated heterocycles. The van der Waals surface area contributed by atoms with Crippen LogP contribution in [0.5, 0.6) is 17.4 Å². The lowest BCUT2D eigenvalue weighted by molar-refractivity contribution is 0.348. The molecule has 7 heteroatoms. The molecule has 0 fully saturated rings. The molecular weight excluding hydrogens is 356 g/mol. The number of nitriles is 1. The van der Waals surface area contributed by atoms with Gasteiger partial charge in [-0.2, -0.15) is 5.26 Å². The fourth-order valence-corrected chi connectivity index (χ4v) is 3.52. The minimum Gasteiger partial charge on any atom is -0.493 e.